The van der Waals surface area contributed by atoms with Gasteiger partial charge in [-0.3, -0.25) is 4.79 Å². The van der Waals surface area contributed by atoms with Gasteiger partial charge in [-0.05, 0) is 29.8 Å². The number of sulfonamides is 1. The zero-order valence-electron chi connectivity index (χ0n) is 13.4. The Kier molecular flexibility index (Phi) is 4.50. The maximum absolute atomic E-state index is 12.8. The number of carbonyl (C=O) groups is 1. The van der Waals surface area contributed by atoms with Crippen molar-refractivity contribution in [3.63, 3.8) is 0 Å². The van der Waals surface area contributed by atoms with Gasteiger partial charge in [-0.1, -0.05) is 29.8 Å². The number of hydrogen-bond donors (Lipinski definition) is 2. The van der Waals surface area contributed by atoms with E-state index in [2.05, 4.69) is 0 Å². The second-order valence-corrected chi connectivity index (χ2v) is 7.93. The summed E-state index contributed by atoms with van der Waals surface area (Å²) in [5.74, 6) is -0.633. The Morgan fingerprint density at radius 1 is 1.23 bits per heavy atom. The molecule has 1 heterocycles. The molecule has 1 aliphatic rings. The molecule has 1 unspecified atom stereocenters. The smallest absolute Gasteiger partial charge is 0.265 e. The highest BCUT2D eigenvalue weighted by atomic mass is 35.5. The number of nitrogens with zero attached hydrogens (tertiary/aromatic N) is 2. The van der Waals surface area contributed by atoms with E-state index >= 15 is 0 Å². The predicted octanol–water partition coefficient (Wildman–Crippen LogP) is 1.64. The molecule has 26 heavy (non-hydrogen) atoms. The molecule has 2 aromatic carbocycles. The summed E-state index contributed by atoms with van der Waals surface area (Å²) >= 11 is 6.02. The fourth-order valence-electron chi connectivity index (χ4n) is 2.94. The van der Waals surface area contributed by atoms with Gasteiger partial charge in [-0.2, -0.15) is 5.26 Å². The van der Waals surface area contributed by atoms with Crippen LogP contribution in [0.5, 0.6) is 0 Å². The standard InChI is InChI=1S/C17H14ClN3O4S/c18-12-3-6-14-15(9-12)21(16(22)17(14,23)7-8-19)10-11-1-4-13(5-2-11)26(20,24)25/h1-6,9,23H,7,10H2,(H2,20,24,25). The highest BCUT2D eigenvalue weighted by Gasteiger charge is 2.49. The third-order valence-corrected chi connectivity index (χ3v) is 5.39. The number of fused-ring (bicyclic) bond motifs is 1. The lowest BCUT2D eigenvalue weighted by atomic mass is 9.92. The van der Waals surface area contributed by atoms with Gasteiger partial charge in [-0.15, -0.1) is 0 Å². The van der Waals surface area contributed by atoms with Crippen molar-refractivity contribution in [2.45, 2.75) is 23.5 Å². The summed E-state index contributed by atoms with van der Waals surface area (Å²) in [6.07, 6.45) is -0.388. The normalized spacial score (nSPS) is 19.3. The molecule has 2 aromatic rings. The van der Waals surface area contributed by atoms with E-state index in [0.29, 0.717) is 21.8 Å². The van der Waals surface area contributed by atoms with E-state index in [-0.39, 0.29) is 17.9 Å². The van der Waals surface area contributed by atoms with Gasteiger partial charge < -0.3 is 10.0 Å². The molecule has 0 saturated carbocycles. The number of rotatable bonds is 4. The van der Waals surface area contributed by atoms with Gasteiger partial charge in [-0.25, -0.2) is 13.6 Å². The molecule has 0 aliphatic carbocycles. The minimum Gasteiger partial charge on any atom is -0.374 e. The van der Waals surface area contributed by atoms with Crippen molar-refractivity contribution >= 4 is 33.2 Å². The Balaban J connectivity index is 2.00. The highest BCUT2D eigenvalue weighted by Crippen LogP contribution is 2.44. The van der Waals surface area contributed by atoms with Crippen LogP contribution in [-0.4, -0.2) is 19.4 Å². The van der Waals surface area contributed by atoms with Crippen LogP contribution in [0.3, 0.4) is 0 Å². The summed E-state index contributed by atoms with van der Waals surface area (Å²) < 4.78 is 22.7. The predicted molar refractivity (Wildman–Crippen MR) is 94.6 cm³/mol. The maximum atomic E-state index is 12.8. The number of primary sulfonamides is 1. The molecule has 0 radical (unpaired) electrons. The Labute approximate surface area is 155 Å². The van der Waals surface area contributed by atoms with Crippen LogP contribution < -0.4 is 10.0 Å². The molecule has 1 aliphatic heterocycles. The van der Waals surface area contributed by atoms with Crippen molar-refractivity contribution in [1.82, 2.24) is 0 Å². The van der Waals surface area contributed by atoms with Crippen molar-refractivity contribution in [3.8, 4) is 6.07 Å². The van der Waals surface area contributed by atoms with Crippen LogP contribution >= 0.6 is 11.6 Å². The van der Waals surface area contributed by atoms with Gasteiger partial charge in [0.05, 0.1) is 29.6 Å². The maximum Gasteiger partial charge on any atom is 0.265 e. The van der Waals surface area contributed by atoms with Gasteiger partial charge in [0.2, 0.25) is 10.0 Å². The lowest BCUT2D eigenvalue weighted by Crippen LogP contribution is -2.39. The molecular formula is C17H14ClN3O4S. The number of benzene rings is 2. The molecule has 0 bridgehead atoms. The van der Waals surface area contributed by atoms with Gasteiger partial charge in [0.25, 0.3) is 5.91 Å². The Bertz CT molecular complexity index is 1030. The first kappa shape index (κ1) is 18.4. The van der Waals surface area contributed by atoms with Crippen molar-refractivity contribution in [1.29, 1.82) is 5.26 Å². The van der Waals surface area contributed by atoms with Crippen molar-refractivity contribution < 1.29 is 18.3 Å². The summed E-state index contributed by atoms with van der Waals surface area (Å²) in [7, 11) is -3.81. The molecule has 0 saturated heterocycles. The molecule has 0 fully saturated rings. The van der Waals surface area contributed by atoms with Crippen LogP contribution in [0.15, 0.2) is 47.4 Å². The first-order valence-electron chi connectivity index (χ1n) is 7.50. The van der Waals surface area contributed by atoms with Gasteiger partial charge in [0.15, 0.2) is 5.60 Å². The van der Waals surface area contributed by atoms with E-state index in [1.54, 1.807) is 12.1 Å². The van der Waals surface area contributed by atoms with Crippen molar-refractivity contribution in [2.75, 3.05) is 4.90 Å². The summed E-state index contributed by atoms with van der Waals surface area (Å²) in [4.78, 5) is 14.1. The van der Waals surface area contributed by atoms with Gasteiger partial charge in [0.1, 0.15) is 0 Å². The lowest BCUT2D eigenvalue weighted by molar-refractivity contribution is -0.135. The van der Waals surface area contributed by atoms with E-state index in [4.69, 9.17) is 22.0 Å². The molecule has 1 amide bonds. The third kappa shape index (κ3) is 3.06. The van der Waals surface area contributed by atoms with E-state index < -0.39 is 21.5 Å². The zero-order chi connectivity index (χ0) is 19.1. The number of nitrogens with two attached hydrogens (primary N) is 1. The fraction of sp³-hybridized carbons (Fsp3) is 0.176. The Morgan fingerprint density at radius 2 is 1.88 bits per heavy atom. The number of nitriles is 1. The molecule has 134 valence electrons. The van der Waals surface area contributed by atoms with E-state index in [1.165, 1.54) is 35.2 Å². The molecule has 0 aromatic heterocycles. The lowest BCUT2D eigenvalue weighted by Gasteiger charge is -2.21. The van der Waals surface area contributed by atoms with Gasteiger partial charge >= 0.3 is 0 Å². The Morgan fingerprint density at radius 3 is 2.46 bits per heavy atom. The SMILES string of the molecule is N#CCC1(O)C(=O)N(Cc2ccc(S(N)(=O)=O)cc2)c2cc(Cl)ccc21. The first-order chi connectivity index (χ1) is 12.2. The average Bonchev–Trinajstić information content (AvgIpc) is 2.76. The summed E-state index contributed by atoms with van der Waals surface area (Å²) in [6, 6.07) is 12.2. The Hall–Kier alpha value is -2.44. The van der Waals surface area contributed by atoms with Crippen LogP contribution in [0.4, 0.5) is 5.69 Å². The molecule has 3 rings (SSSR count). The van der Waals surface area contributed by atoms with Crippen LogP contribution in [0.25, 0.3) is 0 Å². The highest BCUT2D eigenvalue weighted by molar-refractivity contribution is 7.89. The van der Waals surface area contributed by atoms with E-state index in [9.17, 15) is 18.3 Å². The third-order valence-electron chi connectivity index (χ3n) is 4.22. The summed E-state index contributed by atoms with van der Waals surface area (Å²) in [5, 5.41) is 25.2. The van der Waals surface area contributed by atoms with Crippen LogP contribution in [-0.2, 0) is 27.0 Å². The topological polar surface area (TPSA) is 124 Å². The zero-order valence-corrected chi connectivity index (χ0v) is 15.0. The van der Waals surface area contributed by atoms with E-state index in [1.807, 2.05) is 6.07 Å². The second-order valence-electron chi connectivity index (χ2n) is 5.94. The largest absolute Gasteiger partial charge is 0.374 e. The first-order valence-corrected chi connectivity index (χ1v) is 9.42. The number of carbonyl (C=O) groups excluding carboxylic acids is 1. The molecule has 0 spiro atoms. The minimum absolute atomic E-state index is 0.0431. The molecule has 9 heteroatoms. The molecular weight excluding hydrogens is 378 g/mol. The van der Waals surface area contributed by atoms with Crippen LogP contribution in [0.2, 0.25) is 5.02 Å². The summed E-state index contributed by atoms with van der Waals surface area (Å²) in [6.45, 7) is 0.0742. The molecule has 1 atom stereocenters. The number of aliphatic hydroxyl groups is 1. The van der Waals surface area contributed by atoms with Crippen LogP contribution in [0.1, 0.15) is 17.5 Å². The minimum atomic E-state index is -3.81. The van der Waals surface area contributed by atoms with Gasteiger partial charge in [0, 0.05) is 10.6 Å². The second kappa shape index (κ2) is 6.37. The number of anilines is 1. The van der Waals surface area contributed by atoms with Crippen LogP contribution in [0, 0.1) is 11.3 Å². The monoisotopic (exact) mass is 391 g/mol. The quantitative estimate of drug-likeness (QED) is 0.819. The van der Waals surface area contributed by atoms with Crippen molar-refractivity contribution in [3.05, 3.63) is 58.6 Å². The summed E-state index contributed by atoms with van der Waals surface area (Å²) in [5.41, 5.74) is -0.585. The molecule has 7 nitrogen and oxygen atoms in total. The number of halogens is 1. The van der Waals surface area contributed by atoms with E-state index in [0.717, 1.165) is 0 Å². The average molecular weight is 392 g/mol. The molecule has 3 N–H and O–H groups in total. The van der Waals surface area contributed by atoms with Crippen molar-refractivity contribution in [2.24, 2.45) is 5.14 Å². The number of amides is 1. The fourth-order valence-corrected chi connectivity index (χ4v) is 3.62. The number of hydrogen-bond acceptors (Lipinski definition) is 5.